The number of nitriles is 1. The molecule has 0 fully saturated rings. The third-order valence-electron chi connectivity index (χ3n) is 6.48. The van der Waals surface area contributed by atoms with Gasteiger partial charge in [-0.3, -0.25) is 9.59 Å². The fourth-order valence-electron chi connectivity index (χ4n) is 4.58. The Bertz CT molecular complexity index is 1500. The summed E-state index contributed by atoms with van der Waals surface area (Å²) in [7, 11) is 0. The first-order chi connectivity index (χ1) is 17.5. The number of hydrogen-bond acceptors (Lipinski definition) is 5. The van der Waals surface area contributed by atoms with Gasteiger partial charge >= 0.3 is 5.97 Å². The van der Waals surface area contributed by atoms with Crippen molar-refractivity contribution in [2.45, 2.75) is 25.2 Å². The predicted molar refractivity (Wildman–Crippen MR) is 135 cm³/mol. The van der Waals surface area contributed by atoms with Crippen LogP contribution in [0.25, 0.3) is 10.8 Å². The Kier molecular flexibility index (Phi) is 6.38. The summed E-state index contributed by atoms with van der Waals surface area (Å²) in [5.41, 5.74) is 2.43. The summed E-state index contributed by atoms with van der Waals surface area (Å²) in [6.07, 6.45) is 1.39. The Morgan fingerprint density at radius 1 is 1.03 bits per heavy atom. The molecule has 0 radical (unpaired) electrons. The van der Waals surface area contributed by atoms with E-state index in [1.54, 1.807) is 30.3 Å². The number of Topliss-reactive ketones (excluding diaryl/α,β-unsaturated/α-hetero) is 1. The van der Waals surface area contributed by atoms with Crippen molar-refractivity contribution in [1.29, 1.82) is 5.26 Å². The molecule has 1 heterocycles. The SMILES string of the molecule is N#Cc1cc2c(cc1Oc1ccc(C(=O)CCc3cccc4ccccc34)cc1)OCCC2C(=O)O. The average molecular weight is 478 g/mol. The van der Waals surface area contributed by atoms with Crippen LogP contribution >= 0.6 is 0 Å². The fourth-order valence-corrected chi connectivity index (χ4v) is 4.58. The molecule has 0 bridgehead atoms. The number of aliphatic carboxylic acids is 1. The number of fused-ring (bicyclic) bond motifs is 2. The average Bonchev–Trinajstić information content (AvgIpc) is 2.91. The Morgan fingerprint density at radius 2 is 1.81 bits per heavy atom. The molecule has 0 saturated heterocycles. The minimum Gasteiger partial charge on any atom is -0.493 e. The molecule has 1 aliphatic heterocycles. The van der Waals surface area contributed by atoms with Crippen LogP contribution in [0.15, 0.2) is 78.9 Å². The molecule has 0 amide bonds. The van der Waals surface area contributed by atoms with Crippen LogP contribution in [0.1, 0.15) is 45.8 Å². The van der Waals surface area contributed by atoms with Gasteiger partial charge < -0.3 is 14.6 Å². The molecule has 178 valence electrons. The summed E-state index contributed by atoms with van der Waals surface area (Å²) < 4.78 is 11.5. The Balaban J connectivity index is 1.29. The lowest BCUT2D eigenvalue weighted by molar-refractivity contribution is -0.139. The van der Waals surface area contributed by atoms with Crippen molar-refractivity contribution in [3.8, 4) is 23.3 Å². The normalized spacial score (nSPS) is 14.4. The number of aryl methyl sites for hydroxylation is 1. The molecule has 0 saturated carbocycles. The lowest BCUT2D eigenvalue weighted by atomic mass is 9.91. The van der Waals surface area contributed by atoms with E-state index in [1.165, 1.54) is 6.07 Å². The number of ketones is 1. The molecule has 0 aliphatic carbocycles. The van der Waals surface area contributed by atoms with Gasteiger partial charge in [-0.2, -0.15) is 5.26 Å². The van der Waals surface area contributed by atoms with E-state index in [1.807, 2.05) is 18.2 Å². The van der Waals surface area contributed by atoms with Crippen LogP contribution in [-0.4, -0.2) is 23.5 Å². The zero-order valence-electron chi connectivity index (χ0n) is 19.4. The maximum Gasteiger partial charge on any atom is 0.311 e. The van der Waals surface area contributed by atoms with Crippen LogP contribution in [0.5, 0.6) is 17.2 Å². The van der Waals surface area contributed by atoms with Crippen LogP contribution in [0.2, 0.25) is 0 Å². The molecule has 1 aliphatic rings. The second-order valence-electron chi connectivity index (χ2n) is 8.71. The van der Waals surface area contributed by atoms with Gasteiger partial charge in [0.25, 0.3) is 0 Å². The van der Waals surface area contributed by atoms with Crippen molar-refractivity contribution in [1.82, 2.24) is 0 Å². The van der Waals surface area contributed by atoms with Gasteiger partial charge in [-0.05, 0) is 59.5 Å². The van der Waals surface area contributed by atoms with Gasteiger partial charge in [0, 0.05) is 23.6 Å². The van der Waals surface area contributed by atoms with Crippen molar-refractivity contribution in [3.05, 3.63) is 101 Å². The van der Waals surface area contributed by atoms with E-state index in [0.29, 0.717) is 41.9 Å². The standard InChI is InChI=1S/C30H23NO5/c31-18-22-16-26-25(30(33)34)14-15-35-29(26)17-28(22)36-23-11-8-21(9-12-23)27(32)13-10-20-6-3-5-19-4-1-2-7-24(19)20/h1-9,11-12,16-17,25H,10,13-15H2,(H,33,34). The largest absolute Gasteiger partial charge is 0.493 e. The van der Waals surface area contributed by atoms with Crippen LogP contribution < -0.4 is 9.47 Å². The van der Waals surface area contributed by atoms with Crippen molar-refractivity contribution >= 4 is 22.5 Å². The van der Waals surface area contributed by atoms with Gasteiger partial charge in [0.2, 0.25) is 0 Å². The van der Waals surface area contributed by atoms with Gasteiger partial charge in [0.1, 0.15) is 23.3 Å². The highest BCUT2D eigenvalue weighted by atomic mass is 16.5. The quantitative estimate of drug-likeness (QED) is 0.315. The molecule has 1 atom stereocenters. The minimum absolute atomic E-state index is 0.0362. The molecule has 6 heteroatoms. The van der Waals surface area contributed by atoms with E-state index in [0.717, 1.165) is 16.3 Å². The summed E-state index contributed by atoms with van der Waals surface area (Å²) >= 11 is 0. The summed E-state index contributed by atoms with van der Waals surface area (Å²) in [6, 6.07) is 26.2. The maximum absolute atomic E-state index is 12.8. The Labute approximate surface area is 208 Å². The highest BCUT2D eigenvalue weighted by Gasteiger charge is 2.29. The molecular formula is C30H23NO5. The zero-order chi connectivity index (χ0) is 25.1. The summed E-state index contributed by atoms with van der Waals surface area (Å²) in [5.74, 6) is -0.483. The fraction of sp³-hybridized carbons (Fsp3) is 0.167. The maximum atomic E-state index is 12.8. The smallest absolute Gasteiger partial charge is 0.311 e. The lowest BCUT2D eigenvalue weighted by Crippen LogP contribution is -2.21. The van der Waals surface area contributed by atoms with Crippen LogP contribution in [0, 0.1) is 11.3 Å². The number of ether oxygens (including phenoxy) is 2. The van der Waals surface area contributed by atoms with Crippen molar-refractivity contribution in [3.63, 3.8) is 0 Å². The van der Waals surface area contributed by atoms with E-state index < -0.39 is 11.9 Å². The summed E-state index contributed by atoms with van der Waals surface area (Å²) in [6.45, 7) is 0.283. The van der Waals surface area contributed by atoms with Crippen LogP contribution in [0.3, 0.4) is 0 Å². The lowest BCUT2D eigenvalue weighted by Gasteiger charge is -2.24. The van der Waals surface area contributed by atoms with Gasteiger partial charge in [-0.1, -0.05) is 42.5 Å². The Hall–Kier alpha value is -4.63. The highest BCUT2D eigenvalue weighted by Crippen LogP contribution is 2.39. The van der Waals surface area contributed by atoms with Crippen LogP contribution in [0.4, 0.5) is 0 Å². The number of carbonyl (C=O) groups is 2. The zero-order valence-corrected chi connectivity index (χ0v) is 19.4. The third kappa shape index (κ3) is 4.64. The molecule has 0 aromatic heterocycles. The number of benzene rings is 4. The van der Waals surface area contributed by atoms with Crippen molar-refractivity contribution in [2.75, 3.05) is 6.61 Å². The number of rotatable bonds is 7. The number of carboxylic acids is 1. The van der Waals surface area contributed by atoms with E-state index in [9.17, 15) is 20.0 Å². The number of carbonyl (C=O) groups excluding carboxylic acids is 1. The molecular weight excluding hydrogens is 454 g/mol. The molecule has 36 heavy (non-hydrogen) atoms. The monoisotopic (exact) mass is 477 g/mol. The van der Waals surface area contributed by atoms with E-state index in [4.69, 9.17) is 9.47 Å². The highest BCUT2D eigenvalue weighted by molar-refractivity contribution is 5.96. The topological polar surface area (TPSA) is 96.6 Å². The second kappa shape index (κ2) is 9.93. The van der Waals surface area contributed by atoms with Crippen molar-refractivity contribution in [2.24, 2.45) is 0 Å². The van der Waals surface area contributed by atoms with Crippen LogP contribution in [-0.2, 0) is 11.2 Å². The second-order valence-corrected chi connectivity index (χ2v) is 8.71. The van der Waals surface area contributed by atoms with E-state index in [2.05, 4.69) is 30.3 Å². The molecule has 5 rings (SSSR count). The van der Waals surface area contributed by atoms with Gasteiger partial charge in [-0.15, -0.1) is 0 Å². The summed E-state index contributed by atoms with van der Waals surface area (Å²) in [5, 5.41) is 21.4. The first-order valence-corrected chi connectivity index (χ1v) is 11.7. The molecule has 6 nitrogen and oxygen atoms in total. The summed E-state index contributed by atoms with van der Waals surface area (Å²) in [4.78, 5) is 24.4. The van der Waals surface area contributed by atoms with Gasteiger partial charge in [0.15, 0.2) is 5.78 Å². The predicted octanol–water partition coefficient (Wildman–Crippen LogP) is 6.27. The van der Waals surface area contributed by atoms with E-state index >= 15 is 0 Å². The molecule has 1 N–H and O–H groups in total. The first-order valence-electron chi connectivity index (χ1n) is 11.7. The minimum atomic E-state index is -0.946. The molecule has 1 unspecified atom stereocenters. The molecule has 4 aromatic carbocycles. The number of nitrogens with zero attached hydrogens (tertiary/aromatic N) is 1. The van der Waals surface area contributed by atoms with Gasteiger partial charge in [-0.25, -0.2) is 0 Å². The first kappa shape index (κ1) is 23.1. The van der Waals surface area contributed by atoms with Gasteiger partial charge in [0.05, 0.1) is 18.1 Å². The number of carboxylic acid groups (broad SMARTS) is 1. The third-order valence-corrected chi connectivity index (χ3v) is 6.48. The number of hydrogen-bond donors (Lipinski definition) is 1. The molecule has 0 spiro atoms. The van der Waals surface area contributed by atoms with Crippen molar-refractivity contribution < 1.29 is 24.2 Å². The Morgan fingerprint density at radius 3 is 2.58 bits per heavy atom. The molecule has 4 aromatic rings. The van der Waals surface area contributed by atoms with E-state index in [-0.39, 0.29) is 23.7 Å².